The Hall–Kier alpha value is -1.89. The SMILES string of the molecule is COCCN1C(=O)NC2CC([N+](=O)[O-])=CC=C21. The maximum Gasteiger partial charge on any atom is 0.322 e. The molecule has 1 atom stereocenters. The molecule has 0 saturated carbocycles. The Morgan fingerprint density at radius 2 is 2.41 bits per heavy atom. The number of carbonyl (C=O) groups excluding carboxylic acids is 1. The summed E-state index contributed by atoms with van der Waals surface area (Å²) in [6.45, 7) is 0.885. The fourth-order valence-corrected chi connectivity index (χ4v) is 1.98. The first-order valence-corrected chi connectivity index (χ1v) is 5.25. The summed E-state index contributed by atoms with van der Waals surface area (Å²) in [6.07, 6.45) is 3.31. The van der Waals surface area contributed by atoms with E-state index in [4.69, 9.17) is 4.74 Å². The average Bonchev–Trinajstić information content (AvgIpc) is 2.61. The molecular formula is C10H13N3O4. The van der Waals surface area contributed by atoms with Crippen molar-refractivity contribution in [2.24, 2.45) is 0 Å². The van der Waals surface area contributed by atoms with E-state index in [1.54, 1.807) is 18.1 Å². The van der Waals surface area contributed by atoms with Gasteiger partial charge in [-0.2, -0.15) is 0 Å². The first-order valence-electron chi connectivity index (χ1n) is 5.25. The van der Waals surface area contributed by atoms with E-state index in [9.17, 15) is 14.9 Å². The van der Waals surface area contributed by atoms with Crippen LogP contribution in [0, 0.1) is 10.1 Å². The van der Waals surface area contributed by atoms with E-state index in [2.05, 4.69) is 5.32 Å². The van der Waals surface area contributed by atoms with Crippen molar-refractivity contribution in [3.05, 3.63) is 33.7 Å². The quantitative estimate of drug-likeness (QED) is 0.571. The van der Waals surface area contributed by atoms with E-state index in [0.29, 0.717) is 13.2 Å². The van der Waals surface area contributed by atoms with Gasteiger partial charge in [0.15, 0.2) is 0 Å². The zero-order valence-corrected chi connectivity index (χ0v) is 9.38. The normalized spacial score (nSPS) is 22.8. The van der Waals surface area contributed by atoms with Crippen molar-refractivity contribution in [3.63, 3.8) is 0 Å². The lowest BCUT2D eigenvalue weighted by atomic mass is 10.0. The largest absolute Gasteiger partial charge is 0.383 e. The number of ether oxygens (including phenoxy) is 1. The summed E-state index contributed by atoms with van der Waals surface area (Å²) in [4.78, 5) is 23.4. The molecule has 0 spiro atoms. The number of methoxy groups -OCH3 is 1. The number of rotatable bonds is 4. The standard InChI is InChI=1S/C10H13N3O4/c1-17-5-4-12-9-3-2-7(13(15)16)6-8(9)11-10(12)14/h2-3,8H,4-6H2,1H3,(H,11,14). The molecule has 7 heteroatoms. The van der Waals surface area contributed by atoms with Gasteiger partial charge in [0.1, 0.15) is 0 Å². The Bertz CT molecular complexity index is 416. The zero-order valence-electron chi connectivity index (χ0n) is 9.38. The second-order valence-electron chi connectivity index (χ2n) is 3.86. The van der Waals surface area contributed by atoms with Crippen LogP contribution in [0.25, 0.3) is 0 Å². The number of urea groups is 1. The molecule has 92 valence electrons. The minimum absolute atomic E-state index is 0.118. The molecule has 1 N–H and O–H groups in total. The average molecular weight is 239 g/mol. The number of fused-ring (bicyclic) bond motifs is 1. The third kappa shape index (κ3) is 2.14. The van der Waals surface area contributed by atoms with E-state index < -0.39 is 4.92 Å². The van der Waals surface area contributed by atoms with Crippen LogP contribution in [0.15, 0.2) is 23.5 Å². The van der Waals surface area contributed by atoms with Crippen molar-refractivity contribution >= 4 is 6.03 Å². The number of amides is 2. The van der Waals surface area contributed by atoms with E-state index >= 15 is 0 Å². The van der Waals surface area contributed by atoms with E-state index in [1.165, 1.54) is 6.08 Å². The van der Waals surface area contributed by atoms with Gasteiger partial charge in [0.2, 0.25) is 5.70 Å². The lowest BCUT2D eigenvalue weighted by Gasteiger charge is -2.19. The third-order valence-corrected chi connectivity index (χ3v) is 2.82. The lowest BCUT2D eigenvalue weighted by Crippen LogP contribution is -2.30. The molecule has 2 rings (SSSR count). The Labute approximate surface area is 97.9 Å². The molecule has 1 heterocycles. The monoisotopic (exact) mass is 239 g/mol. The van der Waals surface area contributed by atoms with E-state index in [-0.39, 0.29) is 24.2 Å². The van der Waals surface area contributed by atoms with Gasteiger partial charge in [-0.05, 0) is 6.08 Å². The highest BCUT2D eigenvalue weighted by Gasteiger charge is 2.38. The molecule has 0 aromatic heterocycles. The van der Waals surface area contributed by atoms with Crippen molar-refractivity contribution in [1.29, 1.82) is 0 Å². The summed E-state index contributed by atoms with van der Waals surface area (Å²) in [5, 5.41) is 13.4. The number of hydrogen-bond donors (Lipinski definition) is 1. The van der Waals surface area contributed by atoms with Gasteiger partial charge in [-0.25, -0.2) is 4.79 Å². The lowest BCUT2D eigenvalue weighted by molar-refractivity contribution is -0.428. The predicted molar refractivity (Wildman–Crippen MR) is 58.7 cm³/mol. The molecule has 0 bridgehead atoms. The van der Waals surface area contributed by atoms with Crippen LogP contribution < -0.4 is 5.32 Å². The van der Waals surface area contributed by atoms with Crippen molar-refractivity contribution in [2.45, 2.75) is 12.5 Å². The molecule has 1 fully saturated rings. The smallest absolute Gasteiger partial charge is 0.322 e. The maximum absolute atomic E-state index is 11.6. The predicted octanol–water partition coefficient (Wildman–Crippen LogP) is 0.475. The minimum Gasteiger partial charge on any atom is -0.383 e. The highest BCUT2D eigenvalue weighted by Crippen LogP contribution is 2.27. The first kappa shape index (κ1) is 11.6. The van der Waals surface area contributed by atoms with Crippen molar-refractivity contribution in [3.8, 4) is 0 Å². The molecule has 2 amide bonds. The van der Waals surface area contributed by atoms with Gasteiger partial charge < -0.3 is 10.1 Å². The van der Waals surface area contributed by atoms with Gasteiger partial charge in [-0.1, -0.05) is 0 Å². The van der Waals surface area contributed by atoms with Gasteiger partial charge in [-0.15, -0.1) is 0 Å². The topological polar surface area (TPSA) is 84.7 Å². The molecule has 7 nitrogen and oxygen atoms in total. The summed E-state index contributed by atoms with van der Waals surface area (Å²) in [5.74, 6) is 0. The zero-order chi connectivity index (χ0) is 12.4. The van der Waals surface area contributed by atoms with Crippen LogP contribution in [-0.4, -0.2) is 42.2 Å². The summed E-state index contributed by atoms with van der Waals surface area (Å²) in [7, 11) is 1.56. The van der Waals surface area contributed by atoms with Crippen LogP contribution in [0.2, 0.25) is 0 Å². The fourth-order valence-electron chi connectivity index (χ4n) is 1.98. The highest BCUT2D eigenvalue weighted by molar-refractivity contribution is 5.81. The summed E-state index contributed by atoms with van der Waals surface area (Å²) < 4.78 is 4.92. The van der Waals surface area contributed by atoms with E-state index in [1.807, 2.05) is 0 Å². The number of nitrogens with zero attached hydrogens (tertiary/aromatic N) is 2. The van der Waals surface area contributed by atoms with Crippen LogP contribution in [0.5, 0.6) is 0 Å². The molecular weight excluding hydrogens is 226 g/mol. The first-order chi connectivity index (χ1) is 8.13. The second-order valence-corrected chi connectivity index (χ2v) is 3.86. The van der Waals surface area contributed by atoms with Gasteiger partial charge >= 0.3 is 6.03 Å². The van der Waals surface area contributed by atoms with Gasteiger partial charge in [0, 0.05) is 18.9 Å². The summed E-state index contributed by atoms with van der Waals surface area (Å²) in [5.41, 5.74) is 0.894. The maximum atomic E-state index is 11.6. The number of nitrogens with one attached hydrogen (secondary N) is 1. The Balaban J connectivity index is 2.16. The molecule has 0 aromatic carbocycles. The third-order valence-electron chi connectivity index (χ3n) is 2.82. The summed E-state index contributed by atoms with van der Waals surface area (Å²) >= 11 is 0. The molecule has 0 aromatic rings. The number of hydrogen-bond acceptors (Lipinski definition) is 4. The molecule has 2 aliphatic rings. The van der Waals surface area contributed by atoms with Crippen molar-refractivity contribution < 1.29 is 14.5 Å². The van der Waals surface area contributed by atoms with Crippen LogP contribution in [-0.2, 0) is 4.74 Å². The number of carbonyl (C=O) groups is 1. The Morgan fingerprint density at radius 3 is 3.06 bits per heavy atom. The van der Waals surface area contributed by atoms with Crippen molar-refractivity contribution in [2.75, 3.05) is 20.3 Å². The van der Waals surface area contributed by atoms with Crippen LogP contribution in [0.3, 0.4) is 0 Å². The number of nitro groups is 1. The molecule has 0 radical (unpaired) electrons. The number of allylic oxidation sites excluding steroid dienone is 2. The fraction of sp³-hybridized carbons (Fsp3) is 0.500. The van der Waals surface area contributed by atoms with Gasteiger partial charge in [0.25, 0.3) is 0 Å². The minimum atomic E-state index is -0.419. The van der Waals surface area contributed by atoms with Crippen LogP contribution in [0.4, 0.5) is 4.79 Å². The molecule has 1 unspecified atom stereocenters. The van der Waals surface area contributed by atoms with Gasteiger partial charge in [-0.3, -0.25) is 15.0 Å². The van der Waals surface area contributed by atoms with Crippen LogP contribution >= 0.6 is 0 Å². The Kier molecular flexibility index (Phi) is 3.10. The van der Waals surface area contributed by atoms with Crippen LogP contribution in [0.1, 0.15) is 6.42 Å². The summed E-state index contributed by atoms with van der Waals surface area (Å²) in [6, 6.07) is -0.513. The van der Waals surface area contributed by atoms with Crippen molar-refractivity contribution in [1.82, 2.24) is 10.2 Å². The Morgan fingerprint density at radius 1 is 1.65 bits per heavy atom. The second kappa shape index (κ2) is 4.54. The molecule has 17 heavy (non-hydrogen) atoms. The molecule has 1 aliphatic heterocycles. The van der Waals surface area contributed by atoms with E-state index in [0.717, 1.165) is 5.70 Å². The highest BCUT2D eigenvalue weighted by atomic mass is 16.6. The van der Waals surface area contributed by atoms with Gasteiger partial charge in [0.05, 0.1) is 30.5 Å². The molecule has 1 saturated heterocycles. The molecule has 1 aliphatic carbocycles.